The minimum Gasteiger partial charge on any atom is -0.495 e. The topological polar surface area (TPSA) is 89.7 Å². The van der Waals surface area contributed by atoms with E-state index in [0.717, 1.165) is 12.8 Å². The first kappa shape index (κ1) is 14.8. The molecule has 20 heavy (non-hydrogen) atoms. The zero-order valence-corrected chi connectivity index (χ0v) is 12.3. The molecular formula is C13H18N2O4S. The van der Waals surface area contributed by atoms with Crippen LogP contribution in [0.15, 0.2) is 23.1 Å². The lowest BCUT2D eigenvalue weighted by molar-refractivity contribution is 0.0747. The van der Waals surface area contributed by atoms with Crippen molar-refractivity contribution >= 4 is 15.9 Å². The Morgan fingerprint density at radius 1 is 1.45 bits per heavy atom. The van der Waals surface area contributed by atoms with Gasteiger partial charge >= 0.3 is 0 Å². The van der Waals surface area contributed by atoms with Gasteiger partial charge in [-0.2, -0.15) is 0 Å². The lowest BCUT2D eigenvalue weighted by Gasteiger charge is -2.21. The summed E-state index contributed by atoms with van der Waals surface area (Å²) < 4.78 is 28.1. The highest BCUT2D eigenvalue weighted by Crippen LogP contribution is 2.26. The molecule has 1 aromatic carbocycles. The van der Waals surface area contributed by atoms with E-state index < -0.39 is 10.0 Å². The molecule has 0 aromatic heterocycles. The van der Waals surface area contributed by atoms with Crippen LogP contribution >= 0.6 is 0 Å². The van der Waals surface area contributed by atoms with Gasteiger partial charge in [0.1, 0.15) is 10.6 Å². The highest BCUT2D eigenvalue weighted by molar-refractivity contribution is 7.89. The number of primary sulfonamides is 1. The van der Waals surface area contributed by atoms with Crippen molar-refractivity contribution in [2.24, 2.45) is 5.14 Å². The molecule has 0 aliphatic carbocycles. The standard InChI is InChI=1S/C13H18N2O4S/c1-9-4-3-7-15(9)13(16)10-5-6-11(19-2)12(8-10)20(14,17)18/h5-6,8-9H,3-4,7H2,1-2H3,(H2,14,17,18). The fourth-order valence-corrected chi connectivity index (χ4v) is 3.16. The number of carbonyl (C=O) groups is 1. The van der Waals surface area contributed by atoms with E-state index in [2.05, 4.69) is 0 Å². The van der Waals surface area contributed by atoms with Gasteiger partial charge in [0, 0.05) is 18.2 Å². The van der Waals surface area contributed by atoms with Crippen molar-refractivity contribution in [1.82, 2.24) is 4.90 Å². The van der Waals surface area contributed by atoms with Crippen LogP contribution in [0.25, 0.3) is 0 Å². The number of benzene rings is 1. The number of ether oxygens (including phenoxy) is 1. The summed E-state index contributed by atoms with van der Waals surface area (Å²) in [5.41, 5.74) is 0.309. The third kappa shape index (κ3) is 2.78. The number of rotatable bonds is 3. The third-order valence-electron chi connectivity index (χ3n) is 3.53. The molecule has 2 rings (SSSR count). The monoisotopic (exact) mass is 298 g/mol. The molecule has 1 fully saturated rings. The molecule has 1 aliphatic rings. The Bertz CT molecular complexity index is 627. The maximum atomic E-state index is 12.4. The molecule has 0 bridgehead atoms. The van der Waals surface area contributed by atoms with Gasteiger partial charge in [0.15, 0.2) is 0 Å². The first-order chi connectivity index (χ1) is 9.34. The van der Waals surface area contributed by atoms with Crippen molar-refractivity contribution in [3.05, 3.63) is 23.8 Å². The molecule has 1 amide bonds. The average molecular weight is 298 g/mol. The van der Waals surface area contributed by atoms with Gasteiger partial charge in [0.2, 0.25) is 10.0 Å². The number of carbonyl (C=O) groups excluding carboxylic acids is 1. The summed E-state index contributed by atoms with van der Waals surface area (Å²) >= 11 is 0. The fourth-order valence-electron chi connectivity index (χ4n) is 2.43. The predicted octanol–water partition coefficient (Wildman–Crippen LogP) is 0.967. The summed E-state index contributed by atoms with van der Waals surface area (Å²) in [5, 5.41) is 5.15. The smallest absolute Gasteiger partial charge is 0.254 e. The lowest BCUT2D eigenvalue weighted by Crippen LogP contribution is -2.33. The molecule has 6 nitrogen and oxygen atoms in total. The molecule has 1 unspecified atom stereocenters. The van der Waals surface area contributed by atoms with Gasteiger partial charge in [0.05, 0.1) is 7.11 Å². The van der Waals surface area contributed by atoms with Crippen molar-refractivity contribution in [1.29, 1.82) is 0 Å². The maximum Gasteiger partial charge on any atom is 0.254 e. The van der Waals surface area contributed by atoms with Crippen molar-refractivity contribution in [2.75, 3.05) is 13.7 Å². The van der Waals surface area contributed by atoms with Gasteiger partial charge in [-0.3, -0.25) is 4.79 Å². The minimum absolute atomic E-state index is 0.138. The average Bonchev–Trinajstić information content (AvgIpc) is 2.82. The summed E-state index contributed by atoms with van der Waals surface area (Å²) in [6.45, 7) is 2.67. The van der Waals surface area contributed by atoms with Crippen LogP contribution in [0, 0.1) is 0 Å². The van der Waals surface area contributed by atoms with E-state index in [0.29, 0.717) is 12.1 Å². The van der Waals surface area contributed by atoms with E-state index >= 15 is 0 Å². The summed E-state index contributed by atoms with van der Waals surface area (Å²) in [6.07, 6.45) is 1.93. The maximum absolute atomic E-state index is 12.4. The van der Waals surface area contributed by atoms with E-state index in [1.54, 1.807) is 11.0 Å². The zero-order valence-electron chi connectivity index (χ0n) is 11.5. The van der Waals surface area contributed by atoms with Gasteiger partial charge in [0.25, 0.3) is 5.91 Å². The Labute approximate surface area is 118 Å². The van der Waals surface area contributed by atoms with Crippen LogP contribution in [0.4, 0.5) is 0 Å². The Hall–Kier alpha value is -1.60. The van der Waals surface area contributed by atoms with E-state index in [1.165, 1.54) is 19.2 Å². The number of hydrogen-bond acceptors (Lipinski definition) is 4. The molecule has 1 saturated heterocycles. The van der Waals surface area contributed by atoms with E-state index in [9.17, 15) is 13.2 Å². The lowest BCUT2D eigenvalue weighted by atomic mass is 10.1. The number of sulfonamides is 1. The highest BCUT2D eigenvalue weighted by Gasteiger charge is 2.27. The number of hydrogen-bond donors (Lipinski definition) is 1. The Morgan fingerprint density at radius 2 is 2.15 bits per heavy atom. The number of methoxy groups -OCH3 is 1. The summed E-state index contributed by atoms with van der Waals surface area (Å²) in [5.74, 6) is -0.0407. The Kier molecular flexibility index (Phi) is 4.01. The van der Waals surface area contributed by atoms with Gasteiger partial charge in [-0.1, -0.05) is 0 Å². The molecule has 1 atom stereocenters. The fraction of sp³-hybridized carbons (Fsp3) is 0.462. The van der Waals surface area contributed by atoms with E-state index in [4.69, 9.17) is 9.88 Å². The van der Waals surface area contributed by atoms with Crippen LogP contribution in [0.5, 0.6) is 5.75 Å². The predicted molar refractivity (Wildman–Crippen MR) is 74.1 cm³/mol. The SMILES string of the molecule is COc1ccc(C(=O)N2CCCC2C)cc1S(N)(=O)=O. The first-order valence-electron chi connectivity index (χ1n) is 6.36. The summed E-state index contributed by atoms with van der Waals surface area (Å²) in [6, 6.07) is 4.46. The van der Waals surface area contributed by atoms with Gasteiger partial charge < -0.3 is 9.64 Å². The summed E-state index contributed by atoms with van der Waals surface area (Å²) in [4.78, 5) is 14.0. The molecule has 110 valence electrons. The van der Waals surface area contributed by atoms with Crippen molar-refractivity contribution < 1.29 is 17.9 Å². The molecule has 1 heterocycles. The van der Waals surface area contributed by atoms with Crippen molar-refractivity contribution in [3.8, 4) is 5.75 Å². The quantitative estimate of drug-likeness (QED) is 0.900. The Morgan fingerprint density at radius 3 is 2.65 bits per heavy atom. The zero-order chi connectivity index (χ0) is 14.9. The van der Waals surface area contributed by atoms with Gasteiger partial charge in [-0.25, -0.2) is 13.6 Å². The molecule has 0 saturated carbocycles. The second kappa shape index (κ2) is 5.41. The number of nitrogens with two attached hydrogens (primary N) is 1. The largest absolute Gasteiger partial charge is 0.495 e. The molecule has 0 radical (unpaired) electrons. The van der Waals surface area contributed by atoms with E-state index in [1.807, 2.05) is 6.92 Å². The molecule has 0 spiro atoms. The van der Waals surface area contributed by atoms with Crippen molar-refractivity contribution in [3.63, 3.8) is 0 Å². The number of nitrogens with zero attached hydrogens (tertiary/aromatic N) is 1. The third-order valence-corrected chi connectivity index (χ3v) is 4.46. The van der Waals surface area contributed by atoms with Crippen LogP contribution in [0.2, 0.25) is 0 Å². The summed E-state index contributed by atoms with van der Waals surface area (Å²) in [7, 11) is -2.58. The first-order valence-corrected chi connectivity index (χ1v) is 7.91. The normalized spacial score (nSPS) is 19.1. The highest BCUT2D eigenvalue weighted by atomic mass is 32.2. The number of amides is 1. The van der Waals surface area contributed by atoms with Gasteiger partial charge in [-0.15, -0.1) is 0 Å². The van der Waals surface area contributed by atoms with Crippen LogP contribution in [-0.4, -0.2) is 38.9 Å². The molecule has 1 aliphatic heterocycles. The van der Waals surface area contributed by atoms with Crippen LogP contribution < -0.4 is 9.88 Å². The molecular weight excluding hydrogens is 280 g/mol. The number of likely N-dealkylation sites (tertiary alicyclic amines) is 1. The molecule has 7 heteroatoms. The molecule has 1 aromatic rings. The minimum atomic E-state index is -3.93. The molecule has 2 N–H and O–H groups in total. The Balaban J connectivity index is 2.41. The van der Waals surface area contributed by atoms with Crippen molar-refractivity contribution in [2.45, 2.75) is 30.7 Å². The van der Waals surface area contributed by atoms with Crippen LogP contribution in [0.3, 0.4) is 0 Å². The second-order valence-electron chi connectivity index (χ2n) is 4.90. The van der Waals surface area contributed by atoms with Gasteiger partial charge in [-0.05, 0) is 38.0 Å². The van der Waals surface area contributed by atoms with Crippen LogP contribution in [-0.2, 0) is 10.0 Å². The van der Waals surface area contributed by atoms with Crippen LogP contribution in [0.1, 0.15) is 30.1 Å². The van der Waals surface area contributed by atoms with E-state index in [-0.39, 0.29) is 22.6 Å². The second-order valence-corrected chi connectivity index (χ2v) is 6.43.